The molecule has 2 fully saturated rings. The van der Waals surface area contributed by atoms with E-state index >= 15 is 0 Å². The molecule has 4 amide bonds. The number of amides is 4. The number of benzene rings is 3. The standard InChI is InChI=1S/C44H51N8O10P/c1-26(2)38(61-43(45)55)42(54)52-22-6-8-37(52)40-47-25-35(49-40)31-17-13-29(14-18-31)28-11-15-30(16-12-28)34-24-46-39(48-34)36-7-5-21-51(36)41(53)33(50-44(56)59-3)23-27-9-19-32(20-10-27)62-63(57,58)60-4/h9-20,24-26,33,36-38H,5-8,21-23H2,1-4H3,(H2,45,55)(H,46,48)(H,47,49)(H,50,56)(H,57,58)/t33-,36-,37-,38-/m0/s1. The third kappa shape index (κ3) is 10.4. The first kappa shape index (κ1) is 44.6. The van der Waals surface area contributed by atoms with Crippen molar-refractivity contribution < 1.29 is 47.2 Å². The molecular formula is C44H51N8O10P. The smallest absolute Gasteiger partial charge is 0.453 e. The fourth-order valence-corrected chi connectivity index (χ4v) is 8.54. The minimum absolute atomic E-state index is 0.107. The Balaban J connectivity index is 0.994. The summed E-state index contributed by atoms with van der Waals surface area (Å²) in [5.74, 6) is 0.592. The van der Waals surface area contributed by atoms with Gasteiger partial charge in [-0.15, -0.1) is 0 Å². The van der Waals surface area contributed by atoms with Crippen LogP contribution in [0.25, 0.3) is 33.6 Å². The van der Waals surface area contributed by atoms with Crippen molar-refractivity contribution in [1.82, 2.24) is 35.1 Å². The molecule has 2 aliphatic heterocycles. The molecule has 0 radical (unpaired) electrons. The van der Waals surface area contributed by atoms with Gasteiger partial charge in [-0.05, 0) is 71.6 Å². The molecule has 4 heterocycles. The van der Waals surface area contributed by atoms with Gasteiger partial charge in [0.05, 0.1) is 43.0 Å². The lowest BCUT2D eigenvalue weighted by Crippen LogP contribution is -2.49. The lowest BCUT2D eigenvalue weighted by atomic mass is 10.0. The molecule has 19 heteroatoms. The Morgan fingerprint density at radius 1 is 0.794 bits per heavy atom. The first-order chi connectivity index (χ1) is 30.2. The highest BCUT2D eigenvalue weighted by atomic mass is 31.2. The average Bonchev–Trinajstić information content (AvgIpc) is 4.13. The molecule has 2 saturated heterocycles. The number of H-pyrrole nitrogens is 2. The van der Waals surface area contributed by atoms with E-state index in [-0.39, 0.29) is 42.0 Å². The number of ether oxygens (including phenoxy) is 2. The highest BCUT2D eigenvalue weighted by Gasteiger charge is 2.39. The predicted octanol–water partition coefficient (Wildman–Crippen LogP) is 6.67. The number of nitrogens with two attached hydrogens (primary N) is 1. The van der Waals surface area contributed by atoms with E-state index in [0.29, 0.717) is 36.7 Å². The number of hydrogen-bond donors (Lipinski definition) is 5. The normalized spacial score (nSPS) is 18.1. The largest absolute Gasteiger partial charge is 0.527 e. The number of phosphoric acid groups is 1. The molecule has 5 atom stereocenters. The summed E-state index contributed by atoms with van der Waals surface area (Å²) >= 11 is 0. The van der Waals surface area contributed by atoms with E-state index in [4.69, 9.17) is 19.7 Å². The van der Waals surface area contributed by atoms with Crippen molar-refractivity contribution in [1.29, 1.82) is 0 Å². The Morgan fingerprint density at radius 3 is 1.75 bits per heavy atom. The minimum atomic E-state index is -4.25. The van der Waals surface area contributed by atoms with E-state index < -0.39 is 32.2 Å². The van der Waals surface area contributed by atoms with Gasteiger partial charge in [0.15, 0.2) is 6.10 Å². The van der Waals surface area contributed by atoms with Crippen LogP contribution >= 0.6 is 7.82 Å². The van der Waals surface area contributed by atoms with Gasteiger partial charge in [0.2, 0.25) is 5.91 Å². The van der Waals surface area contributed by atoms with Gasteiger partial charge < -0.3 is 44.8 Å². The van der Waals surface area contributed by atoms with Gasteiger partial charge >= 0.3 is 20.0 Å². The number of methoxy groups -OCH3 is 1. The van der Waals surface area contributed by atoms with Crippen LogP contribution in [-0.4, -0.2) is 98.1 Å². The van der Waals surface area contributed by atoms with Crippen LogP contribution in [0.2, 0.25) is 0 Å². The maximum atomic E-state index is 14.1. The Hall–Kier alpha value is -6.49. The number of carbonyl (C=O) groups excluding carboxylic acids is 4. The molecule has 0 saturated carbocycles. The summed E-state index contributed by atoms with van der Waals surface area (Å²) in [4.78, 5) is 80.5. The summed E-state index contributed by atoms with van der Waals surface area (Å²) in [6.45, 7) is 4.63. The summed E-state index contributed by atoms with van der Waals surface area (Å²) in [6, 6.07) is 20.8. The molecule has 2 aromatic heterocycles. The summed E-state index contributed by atoms with van der Waals surface area (Å²) in [5.41, 5.74) is 11.4. The quantitative estimate of drug-likeness (QED) is 0.0692. The second kappa shape index (κ2) is 19.3. The number of aromatic amines is 2. The molecule has 18 nitrogen and oxygen atoms in total. The second-order valence-electron chi connectivity index (χ2n) is 15.8. The summed E-state index contributed by atoms with van der Waals surface area (Å²) in [5, 5.41) is 2.66. The Labute approximate surface area is 364 Å². The SMILES string of the molecule is COC(=O)N[C@@H](Cc1ccc(OP(=O)(O)OC)cc1)C(=O)N1CCC[C@H]1c1ncc(-c2ccc(-c3ccc(-c4cnc([C@@H]5CCCN5C(=O)[C@@H](OC(N)=O)C(C)C)[nH]4)cc3)cc2)[nH]1. The molecule has 6 N–H and O–H groups in total. The van der Waals surface area contributed by atoms with Crippen molar-refractivity contribution >= 4 is 31.8 Å². The van der Waals surface area contributed by atoms with Crippen LogP contribution in [0.15, 0.2) is 85.2 Å². The molecule has 2 aliphatic rings. The number of likely N-dealkylation sites (tertiary alicyclic amines) is 2. The van der Waals surface area contributed by atoms with Gasteiger partial charge in [-0.2, -0.15) is 0 Å². The van der Waals surface area contributed by atoms with E-state index in [1.165, 1.54) is 19.2 Å². The predicted molar refractivity (Wildman–Crippen MR) is 231 cm³/mol. The van der Waals surface area contributed by atoms with E-state index in [1.54, 1.807) is 34.3 Å². The number of nitrogens with zero attached hydrogens (tertiary/aromatic N) is 4. The van der Waals surface area contributed by atoms with Gasteiger partial charge in [0, 0.05) is 26.6 Å². The van der Waals surface area contributed by atoms with Crippen LogP contribution in [-0.2, 0) is 34.6 Å². The topological polar surface area (TPSA) is 244 Å². The average molecular weight is 883 g/mol. The van der Waals surface area contributed by atoms with Crippen molar-refractivity contribution in [3.8, 4) is 39.4 Å². The molecule has 332 valence electrons. The van der Waals surface area contributed by atoms with Gasteiger partial charge in [-0.25, -0.2) is 24.1 Å². The Kier molecular flexibility index (Phi) is 13.6. The van der Waals surface area contributed by atoms with Gasteiger partial charge in [0.25, 0.3) is 5.91 Å². The summed E-state index contributed by atoms with van der Waals surface area (Å²) in [7, 11) is -1.96. The number of rotatable bonds is 15. The molecule has 5 aromatic rings. The zero-order valence-corrected chi connectivity index (χ0v) is 36.2. The molecule has 7 rings (SSSR count). The number of aromatic nitrogens is 4. The number of alkyl carbamates (subject to hydrolysis) is 1. The zero-order valence-electron chi connectivity index (χ0n) is 35.4. The molecule has 3 aromatic carbocycles. The molecule has 0 bridgehead atoms. The highest BCUT2D eigenvalue weighted by molar-refractivity contribution is 7.47. The van der Waals surface area contributed by atoms with Crippen LogP contribution in [0, 0.1) is 5.92 Å². The fourth-order valence-electron chi connectivity index (χ4n) is 8.07. The van der Waals surface area contributed by atoms with Crippen molar-refractivity contribution in [3.05, 3.63) is 102 Å². The third-order valence-electron chi connectivity index (χ3n) is 11.3. The number of phosphoric ester groups is 1. The molecule has 63 heavy (non-hydrogen) atoms. The van der Waals surface area contributed by atoms with Crippen molar-refractivity contribution in [2.24, 2.45) is 11.7 Å². The van der Waals surface area contributed by atoms with E-state index in [0.717, 1.165) is 60.0 Å². The second-order valence-corrected chi connectivity index (χ2v) is 17.3. The minimum Gasteiger partial charge on any atom is -0.453 e. The lowest BCUT2D eigenvalue weighted by molar-refractivity contribution is -0.143. The number of nitrogens with one attached hydrogen (secondary N) is 3. The van der Waals surface area contributed by atoms with Crippen LogP contribution in [0.1, 0.15) is 68.8 Å². The van der Waals surface area contributed by atoms with Gasteiger partial charge in [-0.3, -0.25) is 19.0 Å². The van der Waals surface area contributed by atoms with Gasteiger partial charge in [0.1, 0.15) is 23.4 Å². The number of imidazole rings is 2. The van der Waals surface area contributed by atoms with Crippen molar-refractivity contribution in [2.75, 3.05) is 27.3 Å². The molecule has 1 unspecified atom stereocenters. The molecule has 0 aliphatic carbocycles. The lowest BCUT2D eigenvalue weighted by Gasteiger charge is -2.29. The Bertz CT molecular complexity index is 2460. The molecular weight excluding hydrogens is 832 g/mol. The van der Waals surface area contributed by atoms with Crippen molar-refractivity contribution in [2.45, 2.75) is 70.2 Å². The summed E-state index contributed by atoms with van der Waals surface area (Å²) < 4.78 is 31.3. The Morgan fingerprint density at radius 2 is 1.29 bits per heavy atom. The maximum absolute atomic E-state index is 14.1. The maximum Gasteiger partial charge on any atom is 0.527 e. The number of hydrogen-bond acceptors (Lipinski definition) is 11. The third-order valence-corrected chi connectivity index (χ3v) is 12.2. The molecule has 0 spiro atoms. The highest BCUT2D eigenvalue weighted by Crippen LogP contribution is 2.43. The monoisotopic (exact) mass is 882 g/mol. The van der Waals surface area contributed by atoms with E-state index in [2.05, 4.69) is 29.8 Å². The van der Waals surface area contributed by atoms with E-state index in [9.17, 15) is 28.6 Å². The van der Waals surface area contributed by atoms with E-state index in [1.807, 2.05) is 62.4 Å². The number of carbonyl (C=O) groups is 4. The first-order valence-corrected chi connectivity index (χ1v) is 22.1. The van der Waals surface area contributed by atoms with Crippen molar-refractivity contribution in [3.63, 3.8) is 0 Å². The summed E-state index contributed by atoms with van der Waals surface area (Å²) in [6.07, 6.45) is 3.90. The van der Waals surface area contributed by atoms with Crippen LogP contribution in [0.3, 0.4) is 0 Å². The van der Waals surface area contributed by atoms with Gasteiger partial charge in [-0.1, -0.05) is 74.5 Å². The van der Waals surface area contributed by atoms with Crippen LogP contribution in [0.5, 0.6) is 5.75 Å². The van der Waals surface area contributed by atoms with Crippen LogP contribution < -0.4 is 15.6 Å². The zero-order chi connectivity index (χ0) is 44.8. The fraction of sp³-hybridized carbons (Fsp3) is 0.364. The first-order valence-electron chi connectivity index (χ1n) is 20.6. The van der Waals surface area contributed by atoms with Crippen LogP contribution in [0.4, 0.5) is 9.59 Å². The number of primary amides is 1.